The summed E-state index contributed by atoms with van der Waals surface area (Å²) in [6.45, 7) is 0. The molecule has 1 N–H and O–H groups in total. The molecule has 0 saturated carbocycles. The van der Waals surface area contributed by atoms with Gasteiger partial charge in [-0.3, -0.25) is 0 Å². The first-order valence-electron chi connectivity index (χ1n) is 2.83. The molecule has 12 heavy (non-hydrogen) atoms. The van der Waals surface area contributed by atoms with Crippen LogP contribution in [0.15, 0.2) is 23.1 Å². The molecule has 5 heteroatoms. The molecule has 1 rings (SSSR count). The number of thiol groups is 1. The number of carboxylic acids is 1. The summed E-state index contributed by atoms with van der Waals surface area (Å²) in [4.78, 5) is 10.9. The average molecular weight is 213 g/mol. The molecule has 0 atom stereocenters. The number of benzene rings is 1. The fourth-order valence-corrected chi connectivity index (χ4v) is 1.35. The van der Waals surface area contributed by atoms with E-state index in [9.17, 15) is 4.79 Å². The molecule has 0 aliphatic carbocycles. The SMILES string of the molecule is O=C(O)c1c(S)cccc1Cl.[NaH]. The van der Waals surface area contributed by atoms with E-state index in [1.54, 1.807) is 12.1 Å². The Balaban J connectivity index is 0.00000121. The predicted molar refractivity (Wildman–Crippen MR) is 52.8 cm³/mol. The average Bonchev–Trinajstić information content (AvgIpc) is 1.85. The van der Waals surface area contributed by atoms with Gasteiger partial charge in [-0.15, -0.1) is 12.6 Å². The van der Waals surface area contributed by atoms with Gasteiger partial charge < -0.3 is 5.11 Å². The number of hydrogen-bond donors (Lipinski definition) is 2. The van der Waals surface area contributed by atoms with Crippen LogP contribution in [-0.2, 0) is 0 Å². The van der Waals surface area contributed by atoms with Crippen molar-refractivity contribution in [2.24, 2.45) is 0 Å². The molecule has 0 bridgehead atoms. The third-order valence-electron chi connectivity index (χ3n) is 1.21. The molecule has 0 saturated heterocycles. The maximum absolute atomic E-state index is 10.5. The molecule has 0 fully saturated rings. The molecular formula is C7H6ClNaO2S. The molecule has 0 spiro atoms. The van der Waals surface area contributed by atoms with Gasteiger partial charge in [0.05, 0.1) is 10.6 Å². The Bertz CT molecular complexity index is 283. The number of carboxylic acid groups (broad SMARTS) is 1. The summed E-state index contributed by atoms with van der Waals surface area (Å²) in [5.41, 5.74) is 0.0532. The zero-order chi connectivity index (χ0) is 8.43. The molecular weight excluding hydrogens is 207 g/mol. The van der Waals surface area contributed by atoms with Crippen LogP contribution in [-0.4, -0.2) is 40.6 Å². The van der Waals surface area contributed by atoms with Crippen LogP contribution in [0.2, 0.25) is 5.02 Å². The van der Waals surface area contributed by atoms with Crippen molar-refractivity contribution < 1.29 is 9.90 Å². The van der Waals surface area contributed by atoms with E-state index in [4.69, 9.17) is 16.7 Å². The van der Waals surface area contributed by atoms with E-state index in [1.807, 2.05) is 0 Å². The molecule has 2 nitrogen and oxygen atoms in total. The van der Waals surface area contributed by atoms with Crippen LogP contribution in [0.4, 0.5) is 0 Å². The fraction of sp³-hybridized carbons (Fsp3) is 0. The van der Waals surface area contributed by atoms with Gasteiger partial charge in [-0.25, -0.2) is 4.79 Å². The molecule has 0 aromatic heterocycles. The monoisotopic (exact) mass is 212 g/mol. The van der Waals surface area contributed by atoms with E-state index in [0.29, 0.717) is 4.90 Å². The molecule has 60 valence electrons. The molecule has 1 aromatic rings. The molecule has 0 radical (unpaired) electrons. The van der Waals surface area contributed by atoms with Crippen molar-refractivity contribution in [1.82, 2.24) is 0 Å². The number of carbonyl (C=O) groups is 1. The van der Waals surface area contributed by atoms with Crippen molar-refractivity contribution in [2.75, 3.05) is 0 Å². The van der Waals surface area contributed by atoms with E-state index in [-0.39, 0.29) is 40.1 Å². The van der Waals surface area contributed by atoms with E-state index in [0.717, 1.165) is 0 Å². The Hall–Kier alpha value is 0.330. The van der Waals surface area contributed by atoms with Crippen LogP contribution >= 0.6 is 24.2 Å². The summed E-state index contributed by atoms with van der Waals surface area (Å²) < 4.78 is 0. The van der Waals surface area contributed by atoms with Crippen LogP contribution in [0.25, 0.3) is 0 Å². The van der Waals surface area contributed by atoms with Crippen molar-refractivity contribution in [3.63, 3.8) is 0 Å². The quantitative estimate of drug-likeness (QED) is 0.549. The normalized spacial score (nSPS) is 8.83. The molecule has 0 aliphatic heterocycles. The second-order valence-electron chi connectivity index (χ2n) is 1.94. The van der Waals surface area contributed by atoms with Gasteiger partial charge in [-0.1, -0.05) is 17.7 Å². The molecule has 0 unspecified atom stereocenters. The Labute approximate surface area is 103 Å². The topological polar surface area (TPSA) is 37.3 Å². The summed E-state index contributed by atoms with van der Waals surface area (Å²) >= 11 is 9.54. The van der Waals surface area contributed by atoms with E-state index in [1.165, 1.54) is 6.07 Å². The molecule has 0 aliphatic rings. The third-order valence-corrected chi connectivity index (χ3v) is 1.89. The number of aromatic carboxylic acids is 1. The van der Waals surface area contributed by atoms with Crippen molar-refractivity contribution in [3.8, 4) is 0 Å². The summed E-state index contributed by atoms with van der Waals surface area (Å²) in [7, 11) is 0. The second-order valence-corrected chi connectivity index (χ2v) is 2.83. The molecule has 0 amide bonds. The second kappa shape index (κ2) is 5.14. The van der Waals surface area contributed by atoms with Crippen LogP contribution < -0.4 is 0 Å². The third kappa shape index (κ3) is 2.68. The van der Waals surface area contributed by atoms with Crippen molar-refractivity contribution in [3.05, 3.63) is 28.8 Å². The van der Waals surface area contributed by atoms with Gasteiger partial charge in [-0.05, 0) is 12.1 Å². The summed E-state index contributed by atoms with van der Waals surface area (Å²) in [6, 6.07) is 4.75. The van der Waals surface area contributed by atoms with Gasteiger partial charge in [0.1, 0.15) is 0 Å². The zero-order valence-electron chi connectivity index (χ0n) is 5.41. The van der Waals surface area contributed by atoms with Gasteiger partial charge in [0, 0.05) is 4.90 Å². The maximum atomic E-state index is 10.5. The van der Waals surface area contributed by atoms with Crippen LogP contribution in [0.1, 0.15) is 10.4 Å². The molecule has 0 heterocycles. The first kappa shape index (κ1) is 12.3. The van der Waals surface area contributed by atoms with Crippen LogP contribution in [0, 0.1) is 0 Å². The Morgan fingerprint density at radius 1 is 1.50 bits per heavy atom. The minimum absolute atomic E-state index is 0. The first-order valence-corrected chi connectivity index (χ1v) is 3.66. The predicted octanol–water partition coefficient (Wildman–Crippen LogP) is 1.68. The van der Waals surface area contributed by atoms with Gasteiger partial charge >= 0.3 is 35.5 Å². The fourth-order valence-electron chi connectivity index (χ4n) is 0.724. The van der Waals surface area contributed by atoms with Crippen molar-refractivity contribution >= 4 is 59.8 Å². The van der Waals surface area contributed by atoms with Crippen LogP contribution in [0.3, 0.4) is 0 Å². The van der Waals surface area contributed by atoms with Gasteiger partial charge in [0.15, 0.2) is 0 Å². The number of hydrogen-bond acceptors (Lipinski definition) is 2. The van der Waals surface area contributed by atoms with Crippen LogP contribution in [0.5, 0.6) is 0 Å². The molecule has 1 aromatic carbocycles. The summed E-state index contributed by atoms with van der Waals surface area (Å²) in [5.74, 6) is -1.06. The van der Waals surface area contributed by atoms with E-state index in [2.05, 4.69) is 12.6 Å². The number of halogens is 1. The minimum atomic E-state index is -1.06. The van der Waals surface area contributed by atoms with Gasteiger partial charge in [-0.2, -0.15) is 0 Å². The van der Waals surface area contributed by atoms with Gasteiger partial charge in [0.2, 0.25) is 0 Å². The van der Waals surface area contributed by atoms with Crippen molar-refractivity contribution in [2.45, 2.75) is 4.90 Å². The first-order chi connectivity index (χ1) is 5.13. The Morgan fingerprint density at radius 3 is 2.42 bits per heavy atom. The zero-order valence-corrected chi connectivity index (χ0v) is 7.06. The van der Waals surface area contributed by atoms with E-state index < -0.39 is 5.97 Å². The van der Waals surface area contributed by atoms with Gasteiger partial charge in [0.25, 0.3) is 0 Å². The standard InChI is InChI=1S/C7H5ClO2S.Na.H/c8-4-2-1-3-5(11)6(4)7(9)10;;/h1-3,11H,(H,9,10);;. The van der Waals surface area contributed by atoms with E-state index >= 15 is 0 Å². The summed E-state index contributed by atoms with van der Waals surface area (Å²) in [5, 5.41) is 8.83. The Kier molecular flexibility index (Phi) is 5.29. The van der Waals surface area contributed by atoms with Crippen molar-refractivity contribution in [1.29, 1.82) is 0 Å². The number of rotatable bonds is 1. The summed E-state index contributed by atoms with van der Waals surface area (Å²) in [6.07, 6.45) is 0. The Morgan fingerprint density at radius 2 is 2.08 bits per heavy atom.